The number of amides is 1. The molecule has 1 amide bonds. The Labute approximate surface area is 162 Å². The minimum absolute atomic E-state index is 0.148. The van der Waals surface area contributed by atoms with E-state index in [1.54, 1.807) is 6.92 Å². The summed E-state index contributed by atoms with van der Waals surface area (Å²) < 4.78 is 0. The van der Waals surface area contributed by atoms with Crippen molar-refractivity contribution in [2.75, 3.05) is 11.1 Å². The number of nitrogens with one attached hydrogen (secondary N) is 1. The van der Waals surface area contributed by atoms with E-state index in [9.17, 15) is 10.1 Å². The molecule has 0 bridgehead atoms. The number of anilines is 1. The summed E-state index contributed by atoms with van der Waals surface area (Å²) in [5.74, 6) is 0.562. The summed E-state index contributed by atoms with van der Waals surface area (Å²) in [5, 5.41) is 12.8. The zero-order valence-electron chi connectivity index (χ0n) is 15.1. The van der Waals surface area contributed by atoms with E-state index in [0.29, 0.717) is 22.1 Å². The number of nitrogens with zero attached hydrogens (tertiary/aromatic N) is 3. The third-order valence-electron chi connectivity index (χ3n) is 3.88. The third-order valence-corrected chi connectivity index (χ3v) is 4.85. The molecule has 0 fully saturated rings. The Bertz CT molecular complexity index is 995. The lowest BCUT2D eigenvalue weighted by Gasteiger charge is -2.09. The minimum atomic E-state index is -0.148. The highest BCUT2D eigenvalue weighted by molar-refractivity contribution is 8.00. The number of aromatic nitrogens is 2. The minimum Gasteiger partial charge on any atom is -0.325 e. The average molecular weight is 374 g/mol. The lowest BCUT2D eigenvalue weighted by atomic mass is 10.2. The second kappa shape index (κ2) is 8.47. The summed E-state index contributed by atoms with van der Waals surface area (Å²) >= 11 is 1.24. The summed E-state index contributed by atoms with van der Waals surface area (Å²) in [4.78, 5) is 21.2. The fraction of sp³-hybridized carbons (Fsp3) is 0.143. The Balaban J connectivity index is 1.77. The van der Waals surface area contributed by atoms with E-state index >= 15 is 0 Å². The number of hydrogen-bond acceptors (Lipinski definition) is 5. The maximum absolute atomic E-state index is 12.3. The van der Waals surface area contributed by atoms with E-state index < -0.39 is 0 Å². The van der Waals surface area contributed by atoms with Crippen molar-refractivity contribution in [1.82, 2.24) is 9.97 Å². The Morgan fingerprint density at radius 1 is 1.07 bits per heavy atom. The molecule has 1 heterocycles. The number of rotatable bonds is 5. The summed E-state index contributed by atoms with van der Waals surface area (Å²) in [5.41, 5.74) is 3.76. The summed E-state index contributed by atoms with van der Waals surface area (Å²) in [6.07, 6.45) is 0. The monoisotopic (exact) mass is 374 g/mol. The molecule has 5 nitrogen and oxygen atoms in total. The highest BCUT2D eigenvalue weighted by Crippen LogP contribution is 2.26. The predicted molar refractivity (Wildman–Crippen MR) is 107 cm³/mol. The molecule has 0 aliphatic heterocycles. The summed E-state index contributed by atoms with van der Waals surface area (Å²) in [7, 11) is 0. The van der Waals surface area contributed by atoms with E-state index in [4.69, 9.17) is 0 Å². The first-order chi connectivity index (χ1) is 13.1. The normalized spacial score (nSPS) is 10.3. The number of thioether (sulfide) groups is 1. The van der Waals surface area contributed by atoms with Crippen LogP contribution in [0.3, 0.4) is 0 Å². The molecule has 3 rings (SSSR count). The van der Waals surface area contributed by atoms with Crippen molar-refractivity contribution in [1.29, 1.82) is 5.26 Å². The zero-order chi connectivity index (χ0) is 19.2. The molecule has 1 aromatic heterocycles. The standard InChI is InChI=1S/C21H18N4OS/c1-14-8-10-17(11-9-14)24-19(26)13-27-21-18(12-22)15(2)23-20(25-21)16-6-4-3-5-7-16/h3-11H,13H2,1-2H3,(H,24,26). The van der Waals surface area contributed by atoms with Crippen LogP contribution in [0.25, 0.3) is 11.4 Å². The molecule has 3 aromatic rings. The van der Waals surface area contributed by atoms with Crippen LogP contribution in [0.2, 0.25) is 0 Å². The second-order valence-electron chi connectivity index (χ2n) is 5.99. The van der Waals surface area contributed by atoms with E-state index in [1.165, 1.54) is 11.8 Å². The van der Waals surface area contributed by atoms with Crippen LogP contribution in [0.1, 0.15) is 16.8 Å². The zero-order valence-corrected chi connectivity index (χ0v) is 15.9. The number of aryl methyl sites for hydroxylation is 2. The van der Waals surface area contributed by atoms with Gasteiger partial charge in [0.05, 0.1) is 11.4 Å². The van der Waals surface area contributed by atoms with Crippen molar-refractivity contribution < 1.29 is 4.79 Å². The first kappa shape index (κ1) is 18.6. The van der Waals surface area contributed by atoms with Gasteiger partial charge in [0.25, 0.3) is 0 Å². The molecule has 134 valence electrons. The molecule has 0 radical (unpaired) electrons. The van der Waals surface area contributed by atoms with Gasteiger partial charge in [-0.25, -0.2) is 9.97 Å². The lowest BCUT2D eigenvalue weighted by molar-refractivity contribution is -0.113. The van der Waals surface area contributed by atoms with Crippen LogP contribution in [0.15, 0.2) is 59.6 Å². The van der Waals surface area contributed by atoms with Crippen LogP contribution in [0.5, 0.6) is 0 Å². The molecule has 1 N–H and O–H groups in total. The van der Waals surface area contributed by atoms with Crippen LogP contribution in [-0.4, -0.2) is 21.6 Å². The van der Waals surface area contributed by atoms with Crippen LogP contribution in [0.4, 0.5) is 5.69 Å². The van der Waals surface area contributed by atoms with Crippen molar-refractivity contribution in [3.05, 3.63) is 71.4 Å². The lowest BCUT2D eigenvalue weighted by Crippen LogP contribution is -2.14. The molecule has 0 saturated heterocycles. The first-order valence-electron chi connectivity index (χ1n) is 8.40. The largest absolute Gasteiger partial charge is 0.325 e. The second-order valence-corrected chi connectivity index (χ2v) is 6.96. The van der Waals surface area contributed by atoms with Crippen molar-refractivity contribution in [2.45, 2.75) is 18.9 Å². The predicted octanol–water partition coefficient (Wildman–Crippen LogP) is 4.36. The van der Waals surface area contributed by atoms with Gasteiger partial charge in [-0.15, -0.1) is 0 Å². The maximum Gasteiger partial charge on any atom is 0.234 e. The fourth-order valence-corrected chi connectivity index (χ4v) is 3.29. The van der Waals surface area contributed by atoms with Crippen molar-refractivity contribution in [3.63, 3.8) is 0 Å². The molecule has 27 heavy (non-hydrogen) atoms. The molecule has 0 atom stereocenters. The Hall–Kier alpha value is -3.17. The average Bonchev–Trinajstić information content (AvgIpc) is 2.68. The van der Waals surface area contributed by atoms with Gasteiger partial charge >= 0.3 is 0 Å². The topological polar surface area (TPSA) is 78.7 Å². The molecule has 0 unspecified atom stereocenters. The fourth-order valence-electron chi connectivity index (χ4n) is 2.46. The number of carbonyl (C=O) groups is 1. The third kappa shape index (κ3) is 4.72. The van der Waals surface area contributed by atoms with Crippen LogP contribution in [0, 0.1) is 25.2 Å². The quantitative estimate of drug-likeness (QED) is 0.530. The van der Waals surface area contributed by atoms with Crippen LogP contribution in [-0.2, 0) is 4.79 Å². The van der Waals surface area contributed by atoms with Gasteiger partial charge in [0, 0.05) is 11.3 Å². The van der Waals surface area contributed by atoms with Crippen LogP contribution < -0.4 is 5.32 Å². The SMILES string of the molecule is Cc1ccc(NC(=O)CSc2nc(-c3ccccc3)nc(C)c2C#N)cc1. The molecule has 0 spiro atoms. The Morgan fingerprint density at radius 2 is 1.78 bits per heavy atom. The van der Waals surface area contributed by atoms with Gasteiger partial charge in [-0.1, -0.05) is 59.8 Å². The van der Waals surface area contributed by atoms with E-state index in [-0.39, 0.29) is 11.7 Å². The Morgan fingerprint density at radius 3 is 2.44 bits per heavy atom. The highest BCUT2D eigenvalue weighted by atomic mass is 32.2. The van der Waals surface area contributed by atoms with Gasteiger partial charge in [-0.2, -0.15) is 5.26 Å². The van der Waals surface area contributed by atoms with E-state index in [1.807, 2.05) is 61.5 Å². The van der Waals surface area contributed by atoms with Gasteiger partial charge in [-0.05, 0) is 26.0 Å². The van der Waals surface area contributed by atoms with Gasteiger partial charge in [0.1, 0.15) is 16.7 Å². The highest BCUT2D eigenvalue weighted by Gasteiger charge is 2.15. The molecule has 0 aliphatic rings. The Kier molecular flexibility index (Phi) is 5.84. The van der Waals surface area contributed by atoms with E-state index in [2.05, 4.69) is 21.4 Å². The smallest absolute Gasteiger partial charge is 0.234 e. The van der Waals surface area contributed by atoms with Gasteiger partial charge in [0.2, 0.25) is 5.91 Å². The first-order valence-corrected chi connectivity index (χ1v) is 9.39. The van der Waals surface area contributed by atoms with Gasteiger partial charge in [-0.3, -0.25) is 4.79 Å². The number of hydrogen-bond donors (Lipinski definition) is 1. The molecular weight excluding hydrogens is 356 g/mol. The molecule has 0 saturated carbocycles. The molecule has 6 heteroatoms. The maximum atomic E-state index is 12.3. The van der Waals surface area contributed by atoms with Crippen molar-refractivity contribution >= 4 is 23.4 Å². The van der Waals surface area contributed by atoms with Gasteiger partial charge in [0.15, 0.2) is 5.82 Å². The van der Waals surface area contributed by atoms with Crippen LogP contribution >= 0.6 is 11.8 Å². The number of benzene rings is 2. The summed E-state index contributed by atoms with van der Waals surface area (Å²) in [6.45, 7) is 3.77. The molecule has 2 aromatic carbocycles. The molecule has 0 aliphatic carbocycles. The van der Waals surface area contributed by atoms with Gasteiger partial charge < -0.3 is 5.32 Å². The molecular formula is C21H18N4OS. The van der Waals surface area contributed by atoms with Crippen molar-refractivity contribution in [3.8, 4) is 17.5 Å². The van der Waals surface area contributed by atoms with E-state index in [0.717, 1.165) is 16.8 Å². The van der Waals surface area contributed by atoms with Crippen molar-refractivity contribution in [2.24, 2.45) is 0 Å². The number of carbonyl (C=O) groups excluding carboxylic acids is 1. The number of nitriles is 1. The summed E-state index contributed by atoms with van der Waals surface area (Å²) in [6, 6.07) is 19.3.